The predicted octanol–water partition coefficient (Wildman–Crippen LogP) is 0.854. The molecule has 6 heteroatoms. The van der Waals surface area contributed by atoms with Crippen LogP contribution >= 0.6 is 15.9 Å². The van der Waals surface area contributed by atoms with Gasteiger partial charge in [0.2, 0.25) is 5.91 Å². The van der Waals surface area contributed by atoms with Crippen LogP contribution in [0.5, 0.6) is 0 Å². The van der Waals surface area contributed by atoms with E-state index in [1.807, 2.05) is 0 Å². The molecule has 2 rings (SSSR count). The Kier molecular flexibility index (Phi) is 2.97. The molecule has 0 spiro atoms. The number of Topliss-reactive ketones (excluding diaryl/α,β-unsaturated/α-hetero) is 1. The standard InChI is InChI=1S/C11H9BrN2O3/c12-6-1-2-8-7(5-6)10(16)11(17)14(8)4-3-9(13)15/h1-2,5H,3-4H2,(H2,13,15). The Balaban J connectivity index is 2.34. The smallest absolute Gasteiger partial charge is 0.299 e. The second-order valence-electron chi connectivity index (χ2n) is 3.66. The van der Waals surface area contributed by atoms with Gasteiger partial charge in [0.1, 0.15) is 0 Å². The van der Waals surface area contributed by atoms with Crippen molar-refractivity contribution < 1.29 is 14.4 Å². The third kappa shape index (κ3) is 2.08. The Labute approximate surface area is 106 Å². The maximum Gasteiger partial charge on any atom is 0.299 e. The van der Waals surface area contributed by atoms with Crippen molar-refractivity contribution in [2.24, 2.45) is 5.73 Å². The number of hydrogen-bond acceptors (Lipinski definition) is 3. The molecule has 1 aliphatic rings. The molecule has 1 aromatic rings. The molecule has 0 unspecified atom stereocenters. The second-order valence-corrected chi connectivity index (χ2v) is 4.58. The Bertz CT molecular complexity index is 527. The Hall–Kier alpha value is -1.69. The highest BCUT2D eigenvalue weighted by molar-refractivity contribution is 9.10. The van der Waals surface area contributed by atoms with Gasteiger partial charge in [-0.25, -0.2) is 0 Å². The topological polar surface area (TPSA) is 80.5 Å². The van der Waals surface area contributed by atoms with Crippen molar-refractivity contribution in [1.82, 2.24) is 0 Å². The van der Waals surface area contributed by atoms with Crippen molar-refractivity contribution in [3.63, 3.8) is 0 Å². The van der Waals surface area contributed by atoms with E-state index in [9.17, 15) is 14.4 Å². The minimum absolute atomic E-state index is 0.0362. The first-order chi connectivity index (χ1) is 8.00. The number of nitrogens with two attached hydrogens (primary N) is 1. The van der Waals surface area contributed by atoms with Crippen LogP contribution in [0.4, 0.5) is 5.69 Å². The maximum atomic E-state index is 11.7. The van der Waals surface area contributed by atoms with Crippen molar-refractivity contribution in [2.45, 2.75) is 6.42 Å². The van der Waals surface area contributed by atoms with Gasteiger partial charge >= 0.3 is 0 Å². The van der Waals surface area contributed by atoms with Crippen LogP contribution in [-0.2, 0) is 9.59 Å². The SMILES string of the molecule is NC(=O)CCN1C(=O)C(=O)c2cc(Br)ccc21. The average Bonchev–Trinajstić information content (AvgIpc) is 2.50. The zero-order valence-corrected chi connectivity index (χ0v) is 10.4. The highest BCUT2D eigenvalue weighted by atomic mass is 79.9. The van der Waals surface area contributed by atoms with E-state index in [4.69, 9.17) is 5.73 Å². The summed E-state index contributed by atoms with van der Waals surface area (Å²) in [4.78, 5) is 35.4. The number of carbonyl (C=O) groups excluding carboxylic acids is 3. The summed E-state index contributed by atoms with van der Waals surface area (Å²) in [6.45, 7) is 0.133. The van der Waals surface area contributed by atoms with Crippen LogP contribution in [0.15, 0.2) is 22.7 Å². The minimum atomic E-state index is -0.612. The van der Waals surface area contributed by atoms with E-state index in [0.29, 0.717) is 11.3 Å². The predicted molar refractivity (Wildman–Crippen MR) is 64.6 cm³/mol. The number of primary amides is 1. The van der Waals surface area contributed by atoms with Crippen LogP contribution in [0.1, 0.15) is 16.8 Å². The molecule has 2 N–H and O–H groups in total. The van der Waals surface area contributed by atoms with Gasteiger partial charge in [-0.2, -0.15) is 0 Å². The molecule has 1 aliphatic heterocycles. The van der Waals surface area contributed by atoms with Crippen molar-refractivity contribution in [2.75, 3.05) is 11.4 Å². The third-order valence-corrected chi connectivity index (χ3v) is 3.01. The first-order valence-electron chi connectivity index (χ1n) is 4.95. The van der Waals surface area contributed by atoms with Crippen molar-refractivity contribution >= 4 is 39.2 Å². The van der Waals surface area contributed by atoms with E-state index < -0.39 is 17.6 Å². The molecule has 0 bridgehead atoms. The molecule has 17 heavy (non-hydrogen) atoms. The molecule has 88 valence electrons. The lowest BCUT2D eigenvalue weighted by molar-refractivity contribution is -0.118. The molecule has 5 nitrogen and oxygen atoms in total. The molecule has 0 aliphatic carbocycles. The number of hydrogen-bond donors (Lipinski definition) is 1. The Morgan fingerprint density at radius 2 is 2.06 bits per heavy atom. The number of fused-ring (bicyclic) bond motifs is 1. The molecule has 0 saturated heterocycles. The highest BCUT2D eigenvalue weighted by Crippen LogP contribution is 2.31. The molecule has 0 atom stereocenters. The van der Waals surface area contributed by atoms with Crippen LogP contribution < -0.4 is 10.6 Å². The number of anilines is 1. The summed E-state index contributed by atoms with van der Waals surface area (Å²) in [6, 6.07) is 5.00. The average molecular weight is 297 g/mol. The van der Waals surface area contributed by atoms with Crippen LogP contribution in [0.25, 0.3) is 0 Å². The van der Waals surface area contributed by atoms with Gasteiger partial charge in [0.05, 0.1) is 11.3 Å². The quantitative estimate of drug-likeness (QED) is 0.840. The molecule has 0 radical (unpaired) electrons. The zero-order valence-electron chi connectivity index (χ0n) is 8.77. The number of nitrogens with zero attached hydrogens (tertiary/aromatic N) is 1. The minimum Gasteiger partial charge on any atom is -0.370 e. The van der Waals surface area contributed by atoms with Gasteiger partial charge in [0, 0.05) is 17.4 Å². The highest BCUT2D eigenvalue weighted by Gasteiger charge is 2.35. The summed E-state index contributed by atoms with van der Waals surface area (Å²) in [5.74, 6) is -1.67. The van der Waals surface area contributed by atoms with E-state index in [1.54, 1.807) is 18.2 Å². The van der Waals surface area contributed by atoms with Crippen molar-refractivity contribution in [3.05, 3.63) is 28.2 Å². The first-order valence-corrected chi connectivity index (χ1v) is 5.74. The van der Waals surface area contributed by atoms with Gasteiger partial charge in [-0.3, -0.25) is 14.4 Å². The summed E-state index contributed by atoms with van der Waals surface area (Å²) in [5.41, 5.74) is 5.91. The molecule has 2 amide bonds. The number of ketones is 1. The third-order valence-electron chi connectivity index (χ3n) is 2.52. The van der Waals surface area contributed by atoms with E-state index in [-0.39, 0.29) is 13.0 Å². The molecular weight excluding hydrogens is 288 g/mol. The number of carbonyl (C=O) groups is 3. The first kappa shape index (κ1) is 11.8. The van der Waals surface area contributed by atoms with E-state index in [0.717, 1.165) is 4.47 Å². The lowest BCUT2D eigenvalue weighted by Gasteiger charge is -2.15. The zero-order chi connectivity index (χ0) is 12.6. The van der Waals surface area contributed by atoms with Gasteiger partial charge in [-0.05, 0) is 18.2 Å². The van der Waals surface area contributed by atoms with E-state index in [2.05, 4.69) is 15.9 Å². The molecule has 1 aromatic carbocycles. The summed E-state index contributed by atoms with van der Waals surface area (Å²) in [7, 11) is 0. The molecule has 0 aromatic heterocycles. The summed E-state index contributed by atoms with van der Waals surface area (Å²) in [6.07, 6.45) is 0.0362. The fraction of sp³-hybridized carbons (Fsp3) is 0.182. The van der Waals surface area contributed by atoms with Crippen molar-refractivity contribution in [1.29, 1.82) is 0 Å². The van der Waals surface area contributed by atoms with Gasteiger partial charge in [-0.15, -0.1) is 0 Å². The van der Waals surface area contributed by atoms with Crippen molar-refractivity contribution in [3.8, 4) is 0 Å². The van der Waals surface area contributed by atoms with Gasteiger partial charge in [0.15, 0.2) is 0 Å². The molecular formula is C11H9BrN2O3. The molecule has 0 saturated carbocycles. The Morgan fingerprint density at radius 1 is 1.35 bits per heavy atom. The van der Waals surface area contributed by atoms with Gasteiger partial charge < -0.3 is 10.6 Å². The summed E-state index contributed by atoms with van der Waals surface area (Å²) >= 11 is 3.24. The summed E-state index contributed by atoms with van der Waals surface area (Å²) < 4.78 is 0.731. The van der Waals surface area contributed by atoms with Crippen LogP contribution in [0.3, 0.4) is 0 Å². The number of benzene rings is 1. The number of halogens is 1. The Morgan fingerprint density at radius 3 is 2.71 bits per heavy atom. The van der Waals surface area contributed by atoms with Crippen LogP contribution in [0, 0.1) is 0 Å². The molecule has 1 heterocycles. The number of amides is 2. The van der Waals surface area contributed by atoms with Gasteiger partial charge in [-0.1, -0.05) is 15.9 Å². The van der Waals surface area contributed by atoms with E-state index in [1.165, 1.54) is 4.90 Å². The monoisotopic (exact) mass is 296 g/mol. The molecule has 0 fully saturated rings. The summed E-state index contributed by atoms with van der Waals surface area (Å²) in [5, 5.41) is 0. The fourth-order valence-electron chi connectivity index (χ4n) is 1.72. The van der Waals surface area contributed by atoms with Crippen LogP contribution in [0.2, 0.25) is 0 Å². The largest absolute Gasteiger partial charge is 0.370 e. The number of rotatable bonds is 3. The fourth-order valence-corrected chi connectivity index (χ4v) is 2.08. The van der Waals surface area contributed by atoms with Gasteiger partial charge in [0.25, 0.3) is 11.7 Å². The normalized spacial score (nSPS) is 14.1. The van der Waals surface area contributed by atoms with E-state index >= 15 is 0 Å². The second kappa shape index (κ2) is 4.29. The van der Waals surface area contributed by atoms with Crippen LogP contribution in [-0.4, -0.2) is 24.1 Å². The lowest BCUT2D eigenvalue weighted by atomic mass is 10.1. The maximum absolute atomic E-state index is 11.7. The lowest BCUT2D eigenvalue weighted by Crippen LogP contribution is -2.32.